The number of alkyl halides is 3. The van der Waals surface area contributed by atoms with E-state index in [1.54, 1.807) is 13.2 Å². The van der Waals surface area contributed by atoms with Gasteiger partial charge in [0.25, 0.3) is 0 Å². The molecule has 0 aliphatic heterocycles. The number of allylic oxidation sites excluding steroid dienone is 4. The molecule has 16 heavy (non-hydrogen) atoms. The van der Waals surface area contributed by atoms with Gasteiger partial charge in [-0.15, -0.1) is 0 Å². The summed E-state index contributed by atoms with van der Waals surface area (Å²) in [5.41, 5.74) is 0.706. The Morgan fingerprint density at radius 1 is 1.19 bits per heavy atom. The number of ether oxygens (including phenoxy) is 1. The molecule has 0 radical (unpaired) electrons. The van der Waals surface area contributed by atoms with E-state index in [4.69, 9.17) is 4.74 Å². The highest BCUT2D eigenvalue weighted by Gasteiger charge is 2.33. The Hall–Kier alpha value is -0.770. The third-order valence-corrected chi connectivity index (χ3v) is 2.70. The molecule has 0 N–H and O–H groups in total. The lowest BCUT2D eigenvalue weighted by Crippen LogP contribution is -2.13. The van der Waals surface area contributed by atoms with E-state index in [0.29, 0.717) is 6.42 Å². The van der Waals surface area contributed by atoms with Gasteiger partial charge in [-0.1, -0.05) is 17.7 Å². The molecule has 92 valence electrons. The van der Waals surface area contributed by atoms with E-state index in [9.17, 15) is 13.2 Å². The minimum atomic E-state index is -4.15. The van der Waals surface area contributed by atoms with Gasteiger partial charge in [0.2, 0.25) is 0 Å². The van der Waals surface area contributed by atoms with Gasteiger partial charge in [-0.25, -0.2) is 0 Å². The van der Waals surface area contributed by atoms with Crippen molar-refractivity contribution in [2.24, 2.45) is 0 Å². The van der Waals surface area contributed by atoms with Crippen molar-refractivity contribution >= 4 is 0 Å². The first-order valence-corrected chi connectivity index (χ1v) is 5.49. The summed E-state index contributed by atoms with van der Waals surface area (Å²) in [6.45, 7) is 0.719. The Labute approximate surface area is 94.0 Å². The zero-order chi connectivity index (χ0) is 12.0. The highest BCUT2D eigenvalue weighted by Crippen LogP contribution is 2.33. The quantitative estimate of drug-likeness (QED) is 0.653. The van der Waals surface area contributed by atoms with Crippen LogP contribution in [-0.4, -0.2) is 19.9 Å². The van der Waals surface area contributed by atoms with Crippen LogP contribution in [0.25, 0.3) is 0 Å². The van der Waals surface area contributed by atoms with Gasteiger partial charge in [0.05, 0.1) is 0 Å². The van der Waals surface area contributed by atoms with E-state index >= 15 is 0 Å². The van der Waals surface area contributed by atoms with Crippen LogP contribution in [0.4, 0.5) is 13.2 Å². The Bertz CT molecular complexity index is 276. The van der Waals surface area contributed by atoms with E-state index in [1.807, 2.05) is 0 Å². The third-order valence-electron chi connectivity index (χ3n) is 2.70. The van der Waals surface area contributed by atoms with E-state index in [0.717, 1.165) is 31.4 Å². The maximum absolute atomic E-state index is 12.3. The van der Waals surface area contributed by atoms with Gasteiger partial charge in [-0.2, -0.15) is 13.2 Å². The van der Waals surface area contributed by atoms with Crippen LogP contribution in [-0.2, 0) is 4.74 Å². The number of hydrogen-bond donors (Lipinski definition) is 0. The van der Waals surface area contributed by atoms with Crippen molar-refractivity contribution in [2.75, 3.05) is 13.7 Å². The first-order chi connectivity index (χ1) is 7.54. The van der Waals surface area contributed by atoms with Gasteiger partial charge >= 0.3 is 6.18 Å². The standard InChI is InChI=1S/C12H17F3O/c1-16-9-3-2-4-10-5-7-11(8-6-10)12(13,14)15/h5,7H,2-4,6,8-9H2,1H3. The number of rotatable bonds is 5. The number of hydrogen-bond acceptors (Lipinski definition) is 1. The van der Waals surface area contributed by atoms with Crippen LogP contribution in [0.3, 0.4) is 0 Å². The minimum Gasteiger partial charge on any atom is -0.385 e. The molecule has 0 amide bonds. The van der Waals surface area contributed by atoms with Gasteiger partial charge in [0, 0.05) is 19.3 Å². The Balaban J connectivity index is 2.37. The highest BCUT2D eigenvalue weighted by molar-refractivity contribution is 5.26. The molecule has 1 nitrogen and oxygen atoms in total. The van der Waals surface area contributed by atoms with Crippen molar-refractivity contribution in [1.29, 1.82) is 0 Å². The van der Waals surface area contributed by atoms with Crippen molar-refractivity contribution in [3.8, 4) is 0 Å². The van der Waals surface area contributed by atoms with Crippen LogP contribution in [0, 0.1) is 0 Å². The first-order valence-electron chi connectivity index (χ1n) is 5.49. The molecule has 0 spiro atoms. The van der Waals surface area contributed by atoms with Crippen molar-refractivity contribution in [3.05, 3.63) is 23.3 Å². The monoisotopic (exact) mass is 234 g/mol. The van der Waals surface area contributed by atoms with Crippen molar-refractivity contribution in [3.63, 3.8) is 0 Å². The second-order valence-corrected chi connectivity index (χ2v) is 3.96. The van der Waals surface area contributed by atoms with Crippen molar-refractivity contribution in [2.45, 2.75) is 38.3 Å². The summed E-state index contributed by atoms with van der Waals surface area (Å²) in [5, 5.41) is 0. The molecule has 0 atom stereocenters. The molecule has 0 aromatic rings. The summed E-state index contributed by atoms with van der Waals surface area (Å²) in [5.74, 6) is 0. The van der Waals surface area contributed by atoms with Crippen LogP contribution in [0.15, 0.2) is 23.3 Å². The van der Waals surface area contributed by atoms with Crippen molar-refractivity contribution < 1.29 is 17.9 Å². The number of halogens is 3. The van der Waals surface area contributed by atoms with Crippen LogP contribution >= 0.6 is 0 Å². The predicted molar refractivity (Wildman–Crippen MR) is 57.2 cm³/mol. The molecule has 0 unspecified atom stereocenters. The molecule has 0 aromatic heterocycles. The smallest absolute Gasteiger partial charge is 0.385 e. The summed E-state index contributed by atoms with van der Waals surface area (Å²) in [6.07, 6.45) is 2.17. The Morgan fingerprint density at radius 3 is 2.44 bits per heavy atom. The molecule has 0 heterocycles. The van der Waals surface area contributed by atoms with E-state index < -0.39 is 11.7 Å². The summed E-state index contributed by atoms with van der Waals surface area (Å²) in [4.78, 5) is 0. The van der Waals surface area contributed by atoms with Crippen LogP contribution in [0.5, 0.6) is 0 Å². The third kappa shape index (κ3) is 4.39. The lowest BCUT2D eigenvalue weighted by atomic mass is 9.94. The molecule has 4 heteroatoms. The van der Waals surface area contributed by atoms with Gasteiger partial charge in [0.1, 0.15) is 0 Å². The molecule has 0 saturated heterocycles. The molecule has 0 saturated carbocycles. The lowest BCUT2D eigenvalue weighted by Gasteiger charge is -2.16. The summed E-state index contributed by atoms with van der Waals surface area (Å²) < 4.78 is 41.8. The molecule has 1 aliphatic carbocycles. The molecule has 1 rings (SSSR count). The summed E-state index contributed by atoms with van der Waals surface area (Å²) >= 11 is 0. The van der Waals surface area contributed by atoms with Crippen LogP contribution in [0.1, 0.15) is 32.1 Å². The second kappa shape index (κ2) is 6.09. The van der Waals surface area contributed by atoms with E-state index in [1.165, 1.54) is 6.08 Å². The molecule has 1 aliphatic rings. The molecule has 0 bridgehead atoms. The topological polar surface area (TPSA) is 9.23 Å². The minimum absolute atomic E-state index is 0.125. The van der Waals surface area contributed by atoms with Crippen LogP contribution in [0.2, 0.25) is 0 Å². The lowest BCUT2D eigenvalue weighted by molar-refractivity contribution is -0.0941. The first kappa shape index (κ1) is 13.3. The van der Waals surface area contributed by atoms with Crippen LogP contribution < -0.4 is 0 Å². The number of unbranched alkanes of at least 4 members (excludes halogenated alkanes) is 1. The largest absolute Gasteiger partial charge is 0.412 e. The maximum Gasteiger partial charge on any atom is 0.412 e. The molecular formula is C12H17F3O. The normalized spacial score (nSPS) is 17.0. The second-order valence-electron chi connectivity index (χ2n) is 3.96. The molecular weight excluding hydrogens is 217 g/mol. The summed E-state index contributed by atoms with van der Waals surface area (Å²) in [7, 11) is 1.65. The van der Waals surface area contributed by atoms with E-state index in [-0.39, 0.29) is 6.42 Å². The zero-order valence-electron chi connectivity index (χ0n) is 9.44. The summed E-state index contributed by atoms with van der Waals surface area (Å²) in [6, 6.07) is 0. The average Bonchev–Trinajstić information content (AvgIpc) is 2.24. The molecule has 0 fully saturated rings. The number of methoxy groups -OCH3 is 1. The van der Waals surface area contributed by atoms with Gasteiger partial charge < -0.3 is 4.74 Å². The SMILES string of the molecule is COCCCCC1=CC=C(C(F)(F)F)CC1. The zero-order valence-corrected chi connectivity index (χ0v) is 9.44. The fraction of sp³-hybridized carbons (Fsp3) is 0.667. The fourth-order valence-corrected chi connectivity index (χ4v) is 1.72. The van der Waals surface area contributed by atoms with Gasteiger partial charge in [0.15, 0.2) is 0 Å². The predicted octanol–water partition coefficient (Wildman–Crippen LogP) is 4.01. The Morgan fingerprint density at radius 2 is 1.94 bits per heavy atom. The van der Waals surface area contributed by atoms with Gasteiger partial charge in [-0.3, -0.25) is 0 Å². The Kier molecular flexibility index (Phi) is 5.06. The van der Waals surface area contributed by atoms with Crippen molar-refractivity contribution in [1.82, 2.24) is 0 Å². The average molecular weight is 234 g/mol. The maximum atomic E-state index is 12.3. The highest BCUT2D eigenvalue weighted by atomic mass is 19.4. The van der Waals surface area contributed by atoms with E-state index in [2.05, 4.69) is 0 Å². The van der Waals surface area contributed by atoms with Gasteiger partial charge in [-0.05, 0) is 32.1 Å². The fourth-order valence-electron chi connectivity index (χ4n) is 1.72. The molecule has 0 aromatic carbocycles.